The van der Waals surface area contributed by atoms with Gasteiger partial charge in [-0.2, -0.15) is 0 Å². The van der Waals surface area contributed by atoms with Crippen molar-refractivity contribution in [3.63, 3.8) is 0 Å². The van der Waals surface area contributed by atoms with E-state index < -0.39 is 0 Å². The summed E-state index contributed by atoms with van der Waals surface area (Å²) in [4.78, 5) is 47.4. The van der Waals surface area contributed by atoms with E-state index in [0.29, 0.717) is 37.4 Å². The SMILES string of the molecule is CC(=O)N1CCN(C(=O)c2nc(C(=O)N3CCCCC3)c3ccccn23)CC1. The highest BCUT2D eigenvalue weighted by Crippen LogP contribution is 2.19. The summed E-state index contributed by atoms with van der Waals surface area (Å²) in [6.45, 7) is 4.99. The Bertz CT molecular complexity index is 908. The molecule has 4 rings (SSSR count). The van der Waals surface area contributed by atoms with Gasteiger partial charge in [0.15, 0.2) is 5.69 Å². The number of piperazine rings is 1. The smallest absolute Gasteiger partial charge is 0.290 e. The van der Waals surface area contributed by atoms with Crippen molar-refractivity contribution in [2.45, 2.75) is 26.2 Å². The molecule has 2 fully saturated rings. The standard InChI is InChI=1S/C20H25N5O3/c1-15(26)22-11-13-24(14-12-22)20(28)18-21-17(16-7-3-6-10-25(16)18)19(27)23-8-4-2-5-9-23/h3,6-7,10H,2,4-5,8-9,11-14H2,1H3. The molecule has 0 aliphatic carbocycles. The topological polar surface area (TPSA) is 78.2 Å². The molecule has 0 atom stereocenters. The quantitative estimate of drug-likeness (QED) is 0.782. The van der Waals surface area contributed by atoms with Gasteiger partial charge < -0.3 is 14.7 Å². The van der Waals surface area contributed by atoms with E-state index in [1.165, 1.54) is 6.92 Å². The minimum absolute atomic E-state index is 0.0211. The number of carbonyl (C=O) groups is 3. The Kier molecular flexibility index (Phi) is 5.02. The number of aromatic nitrogens is 2. The number of hydrogen-bond acceptors (Lipinski definition) is 4. The Hall–Kier alpha value is -2.90. The van der Waals surface area contributed by atoms with Gasteiger partial charge in [0.1, 0.15) is 0 Å². The van der Waals surface area contributed by atoms with Crippen LogP contribution in [-0.2, 0) is 4.79 Å². The second kappa shape index (κ2) is 7.61. The average Bonchev–Trinajstić information content (AvgIpc) is 3.13. The number of hydrogen-bond donors (Lipinski definition) is 0. The minimum Gasteiger partial charge on any atom is -0.339 e. The molecule has 2 aromatic heterocycles. The van der Waals surface area contributed by atoms with Gasteiger partial charge in [-0.25, -0.2) is 4.98 Å². The first-order valence-corrected chi connectivity index (χ1v) is 9.87. The van der Waals surface area contributed by atoms with Crippen molar-refractivity contribution in [1.29, 1.82) is 0 Å². The van der Waals surface area contributed by atoms with Gasteiger partial charge in [0.2, 0.25) is 11.7 Å². The van der Waals surface area contributed by atoms with Crippen LogP contribution in [0.1, 0.15) is 47.3 Å². The first-order chi connectivity index (χ1) is 13.6. The molecule has 148 valence electrons. The predicted octanol–water partition coefficient (Wildman–Crippen LogP) is 1.26. The van der Waals surface area contributed by atoms with E-state index in [1.807, 2.05) is 23.1 Å². The van der Waals surface area contributed by atoms with E-state index in [9.17, 15) is 14.4 Å². The van der Waals surface area contributed by atoms with Gasteiger partial charge in [0, 0.05) is 52.4 Å². The number of likely N-dealkylation sites (tertiary alicyclic amines) is 1. The van der Waals surface area contributed by atoms with Crippen LogP contribution in [0.5, 0.6) is 0 Å². The molecule has 3 amide bonds. The van der Waals surface area contributed by atoms with Crippen LogP contribution in [0, 0.1) is 0 Å². The molecule has 0 spiro atoms. The van der Waals surface area contributed by atoms with Crippen LogP contribution in [0.25, 0.3) is 5.52 Å². The lowest BCUT2D eigenvalue weighted by molar-refractivity contribution is -0.130. The third kappa shape index (κ3) is 3.34. The van der Waals surface area contributed by atoms with E-state index in [2.05, 4.69) is 4.98 Å². The number of nitrogens with zero attached hydrogens (tertiary/aromatic N) is 5. The van der Waals surface area contributed by atoms with E-state index in [4.69, 9.17) is 0 Å². The van der Waals surface area contributed by atoms with Gasteiger partial charge in [-0.3, -0.25) is 18.8 Å². The van der Waals surface area contributed by atoms with Crippen molar-refractivity contribution in [3.8, 4) is 0 Å². The van der Waals surface area contributed by atoms with Gasteiger partial charge in [-0.05, 0) is 31.4 Å². The summed E-state index contributed by atoms with van der Waals surface area (Å²) in [5, 5.41) is 0. The number of imidazole rings is 1. The van der Waals surface area contributed by atoms with Gasteiger partial charge in [-0.1, -0.05) is 6.07 Å². The molecule has 0 saturated carbocycles. The Morgan fingerprint density at radius 3 is 2.14 bits per heavy atom. The number of rotatable bonds is 2. The lowest BCUT2D eigenvalue weighted by atomic mass is 10.1. The van der Waals surface area contributed by atoms with Crippen LogP contribution in [0.2, 0.25) is 0 Å². The van der Waals surface area contributed by atoms with Crippen LogP contribution in [0.3, 0.4) is 0 Å². The van der Waals surface area contributed by atoms with E-state index >= 15 is 0 Å². The summed E-state index contributed by atoms with van der Waals surface area (Å²) in [5.41, 5.74) is 0.997. The number of piperidine rings is 1. The van der Waals surface area contributed by atoms with Crippen molar-refractivity contribution in [3.05, 3.63) is 35.9 Å². The second-order valence-electron chi connectivity index (χ2n) is 7.39. The van der Waals surface area contributed by atoms with Crippen molar-refractivity contribution >= 4 is 23.2 Å². The Balaban J connectivity index is 1.62. The molecule has 0 N–H and O–H groups in total. The number of amides is 3. The zero-order valence-corrected chi connectivity index (χ0v) is 16.1. The number of pyridine rings is 1. The predicted molar refractivity (Wildman–Crippen MR) is 103 cm³/mol. The maximum Gasteiger partial charge on any atom is 0.290 e. The van der Waals surface area contributed by atoms with Gasteiger partial charge in [-0.15, -0.1) is 0 Å². The number of carbonyl (C=O) groups excluding carboxylic acids is 3. The second-order valence-corrected chi connectivity index (χ2v) is 7.39. The van der Waals surface area contributed by atoms with Gasteiger partial charge in [0.05, 0.1) is 5.52 Å². The zero-order chi connectivity index (χ0) is 19.7. The molecular weight excluding hydrogens is 358 g/mol. The molecule has 0 bridgehead atoms. The van der Waals surface area contributed by atoms with Crippen molar-refractivity contribution in [2.75, 3.05) is 39.3 Å². The van der Waals surface area contributed by atoms with Crippen LogP contribution >= 0.6 is 0 Å². The highest BCUT2D eigenvalue weighted by molar-refractivity contribution is 6.02. The molecule has 8 nitrogen and oxygen atoms in total. The lowest BCUT2D eigenvalue weighted by Crippen LogP contribution is -2.50. The Labute approximate surface area is 163 Å². The molecule has 0 radical (unpaired) electrons. The summed E-state index contributed by atoms with van der Waals surface area (Å²) >= 11 is 0. The monoisotopic (exact) mass is 383 g/mol. The summed E-state index contributed by atoms with van der Waals surface area (Å²) in [7, 11) is 0. The van der Waals surface area contributed by atoms with Gasteiger partial charge in [0.25, 0.3) is 11.8 Å². The fourth-order valence-electron chi connectivity index (χ4n) is 3.96. The third-order valence-electron chi connectivity index (χ3n) is 5.60. The first-order valence-electron chi connectivity index (χ1n) is 9.87. The molecule has 0 unspecified atom stereocenters. The summed E-state index contributed by atoms with van der Waals surface area (Å²) < 4.78 is 1.71. The largest absolute Gasteiger partial charge is 0.339 e. The van der Waals surface area contributed by atoms with Crippen LogP contribution in [0.4, 0.5) is 0 Å². The highest BCUT2D eigenvalue weighted by atomic mass is 16.2. The van der Waals surface area contributed by atoms with E-state index in [-0.39, 0.29) is 23.5 Å². The third-order valence-corrected chi connectivity index (χ3v) is 5.60. The Morgan fingerprint density at radius 2 is 1.46 bits per heavy atom. The van der Waals surface area contributed by atoms with Crippen LogP contribution in [-0.4, -0.2) is 81.1 Å². The molecule has 2 aliphatic heterocycles. The fraction of sp³-hybridized carbons (Fsp3) is 0.500. The van der Waals surface area contributed by atoms with E-state index in [0.717, 1.165) is 32.4 Å². The highest BCUT2D eigenvalue weighted by Gasteiger charge is 2.30. The molecule has 28 heavy (non-hydrogen) atoms. The number of fused-ring (bicyclic) bond motifs is 1. The molecule has 0 aromatic carbocycles. The fourth-order valence-corrected chi connectivity index (χ4v) is 3.96. The maximum absolute atomic E-state index is 13.1. The minimum atomic E-state index is -0.206. The Morgan fingerprint density at radius 1 is 0.821 bits per heavy atom. The van der Waals surface area contributed by atoms with Crippen LogP contribution < -0.4 is 0 Å². The normalized spacial score (nSPS) is 17.8. The molecule has 8 heteroatoms. The summed E-state index contributed by atoms with van der Waals surface area (Å²) in [6.07, 6.45) is 4.92. The molecule has 4 heterocycles. The van der Waals surface area contributed by atoms with Crippen molar-refractivity contribution in [1.82, 2.24) is 24.1 Å². The summed E-state index contributed by atoms with van der Waals surface area (Å²) in [6, 6.07) is 5.51. The van der Waals surface area contributed by atoms with Crippen molar-refractivity contribution < 1.29 is 14.4 Å². The molecule has 2 aliphatic rings. The molecule has 2 saturated heterocycles. The van der Waals surface area contributed by atoms with E-state index in [1.54, 1.807) is 20.4 Å². The molecule has 2 aromatic rings. The van der Waals surface area contributed by atoms with Crippen LogP contribution in [0.15, 0.2) is 24.4 Å². The molecular formula is C20H25N5O3. The zero-order valence-electron chi connectivity index (χ0n) is 16.1. The lowest BCUT2D eigenvalue weighted by Gasteiger charge is -2.33. The average molecular weight is 383 g/mol. The van der Waals surface area contributed by atoms with Crippen molar-refractivity contribution in [2.24, 2.45) is 0 Å². The van der Waals surface area contributed by atoms with Gasteiger partial charge >= 0.3 is 0 Å². The first kappa shape index (κ1) is 18.5. The maximum atomic E-state index is 13.1. The summed E-state index contributed by atoms with van der Waals surface area (Å²) in [5.74, 6) is -0.0362.